The Labute approximate surface area is 227 Å². The number of carbonyl (C=O) groups is 1. The summed E-state index contributed by atoms with van der Waals surface area (Å²) in [5.74, 6) is 0.604. The summed E-state index contributed by atoms with van der Waals surface area (Å²) in [4.78, 5) is 28.6. The molecule has 2 N–H and O–H groups in total. The number of rotatable bonds is 9. The maximum absolute atomic E-state index is 13.1. The third-order valence-electron chi connectivity index (χ3n) is 6.54. The molecule has 0 fully saturated rings. The lowest BCUT2D eigenvalue weighted by Gasteiger charge is -2.11. The Morgan fingerprint density at radius 2 is 1.65 bits per heavy atom. The predicted molar refractivity (Wildman–Crippen MR) is 150 cm³/mol. The van der Waals surface area contributed by atoms with Crippen molar-refractivity contribution in [3.8, 4) is 11.4 Å². The van der Waals surface area contributed by atoms with Gasteiger partial charge in [0.05, 0.1) is 21.6 Å². The van der Waals surface area contributed by atoms with Crippen molar-refractivity contribution in [3.05, 3.63) is 112 Å². The molecule has 0 saturated carbocycles. The molecule has 0 aliphatic heterocycles. The topological polar surface area (TPSA) is 141 Å². The first-order chi connectivity index (χ1) is 19.6. The average molecular weight is 534 g/mol. The molecule has 198 valence electrons. The highest BCUT2D eigenvalue weighted by atomic mass is 16.6. The molecule has 40 heavy (non-hydrogen) atoms. The van der Waals surface area contributed by atoms with Crippen molar-refractivity contribution in [1.29, 1.82) is 0 Å². The fourth-order valence-electron chi connectivity index (χ4n) is 4.62. The summed E-state index contributed by atoms with van der Waals surface area (Å²) in [6.45, 7) is 1.27. The molecule has 0 aliphatic carbocycles. The minimum Gasteiger partial charge on any atom is -0.381 e. The van der Waals surface area contributed by atoms with Crippen LogP contribution in [0, 0.1) is 10.1 Å². The first-order valence-electron chi connectivity index (χ1n) is 12.6. The second-order valence-electron chi connectivity index (χ2n) is 9.11. The zero-order valence-electron chi connectivity index (χ0n) is 21.2. The lowest BCUT2D eigenvalue weighted by atomic mass is 10.1. The summed E-state index contributed by atoms with van der Waals surface area (Å²) < 4.78 is 6.82. The number of anilines is 1. The van der Waals surface area contributed by atoms with Gasteiger partial charge in [0, 0.05) is 36.8 Å². The van der Waals surface area contributed by atoms with E-state index in [2.05, 4.69) is 42.3 Å². The SMILES string of the molecule is O=C(NCCNc1ccc([N+](=O)[O-])c2nonc12)c1ccc2nc(-c3ccccc3)n(Cc3ccccc3)c2c1. The van der Waals surface area contributed by atoms with E-state index < -0.39 is 4.92 Å². The molecule has 0 unspecified atom stereocenters. The van der Waals surface area contributed by atoms with E-state index in [-0.39, 0.29) is 22.6 Å². The van der Waals surface area contributed by atoms with Crippen LogP contribution in [0.25, 0.3) is 33.5 Å². The van der Waals surface area contributed by atoms with Gasteiger partial charge in [-0.05, 0) is 40.1 Å². The van der Waals surface area contributed by atoms with Gasteiger partial charge in [-0.1, -0.05) is 60.7 Å². The van der Waals surface area contributed by atoms with Crippen LogP contribution in [-0.2, 0) is 6.54 Å². The molecule has 6 aromatic rings. The van der Waals surface area contributed by atoms with Crippen LogP contribution in [0.5, 0.6) is 0 Å². The number of aromatic nitrogens is 4. The number of benzene rings is 4. The van der Waals surface area contributed by atoms with Gasteiger partial charge in [0.25, 0.3) is 5.91 Å². The molecular weight excluding hydrogens is 510 g/mol. The van der Waals surface area contributed by atoms with E-state index in [1.54, 1.807) is 12.1 Å². The van der Waals surface area contributed by atoms with Gasteiger partial charge < -0.3 is 15.2 Å². The summed E-state index contributed by atoms with van der Waals surface area (Å²) in [7, 11) is 0. The average Bonchev–Trinajstić information content (AvgIpc) is 3.61. The molecule has 4 aromatic carbocycles. The number of hydrogen-bond donors (Lipinski definition) is 2. The number of non-ortho nitro benzene ring substituents is 1. The van der Waals surface area contributed by atoms with Crippen molar-refractivity contribution >= 4 is 39.3 Å². The van der Waals surface area contributed by atoms with Gasteiger partial charge in [-0.15, -0.1) is 0 Å². The molecule has 0 aliphatic rings. The quantitative estimate of drug-likeness (QED) is 0.150. The second-order valence-corrected chi connectivity index (χ2v) is 9.11. The third kappa shape index (κ3) is 4.83. The highest BCUT2D eigenvalue weighted by Gasteiger charge is 2.20. The minimum atomic E-state index is -0.540. The molecule has 0 radical (unpaired) electrons. The number of carbonyl (C=O) groups excluding carboxylic acids is 1. The van der Waals surface area contributed by atoms with Gasteiger partial charge >= 0.3 is 5.69 Å². The Morgan fingerprint density at radius 3 is 2.42 bits per heavy atom. The third-order valence-corrected chi connectivity index (χ3v) is 6.54. The molecule has 6 rings (SSSR count). The maximum Gasteiger partial charge on any atom is 0.300 e. The van der Waals surface area contributed by atoms with Gasteiger partial charge in [0.2, 0.25) is 5.52 Å². The highest BCUT2D eigenvalue weighted by Crippen LogP contribution is 2.29. The van der Waals surface area contributed by atoms with Gasteiger partial charge in [-0.25, -0.2) is 9.61 Å². The highest BCUT2D eigenvalue weighted by molar-refractivity contribution is 5.98. The summed E-state index contributed by atoms with van der Waals surface area (Å²) in [5, 5.41) is 24.6. The lowest BCUT2D eigenvalue weighted by Crippen LogP contribution is -2.28. The van der Waals surface area contributed by atoms with E-state index in [4.69, 9.17) is 4.98 Å². The van der Waals surface area contributed by atoms with Crippen molar-refractivity contribution in [3.63, 3.8) is 0 Å². The van der Waals surface area contributed by atoms with Crippen molar-refractivity contribution in [2.24, 2.45) is 0 Å². The zero-order chi connectivity index (χ0) is 27.5. The fraction of sp³-hybridized carbons (Fsp3) is 0.103. The van der Waals surface area contributed by atoms with Crippen LogP contribution in [0.3, 0.4) is 0 Å². The number of nitrogens with zero attached hydrogens (tertiary/aromatic N) is 5. The molecule has 11 heteroatoms. The van der Waals surface area contributed by atoms with Crippen LogP contribution < -0.4 is 10.6 Å². The van der Waals surface area contributed by atoms with Crippen LogP contribution in [0.1, 0.15) is 15.9 Å². The van der Waals surface area contributed by atoms with Gasteiger partial charge in [0.15, 0.2) is 5.52 Å². The van der Waals surface area contributed by atoms with E-state index in [1.807, 2.05) is 60.7 Å². The number of fused-ring (bicyclic) bond motifs is 2. The maximum atomic E-state index is 13.1. The number of hydrogen-bond acceptors (Lipinski definition) is 8. The first-order valence-corrected chi connectivity index (χ1v) is 12.6. The summed E-state index contributed by atoms with van der Waals surface area (Å²) >= 11 is 0. The van der Waals surface area contributed by atoms with Gasteiger partial charge in [-0.3, -0.25) is 14.9 Å². The molecule has 0 atom stereocenters. The molecule has 0 spiro atoms. The number of nitrogens with one attached hydrogen (secondary N) is 2. The Kier molecular flexibility index (Phi) is 6.59. The lowest BCUT2D eigenvalue weighted by molar-refractivity contribution is -0.383. The number of nitro benzene ring substituents is 1. The van der Waals surface area contributed by atoms with Gasteiger partial charge in [0.1, 0.15) is 5.82 Å². The Balaban J connectivity index is 1.20. The summed E-state index contributed by atoms with van der Waals surface area (Å²) in [5.41, 5.74) is 4.96. The normalized spacial score (nSPS) is 11.1. The molecule has 2 heterocycles. The van der Waals surface area contributed by atoms with Crippen LogP contribution in [0.4, 0.5) is 11.4 Å². The summed E-state index contributed by atoms with van der Waals surface area (Å²) in [6.07, 6.45) is 0. The summed E-state index contributed by atoms with van der Waals surface area (Å²) in [6, 6.07) is 28.5. The largest absolute Gasteiger partial charge is 0.381 e. The Hall–Kier alpha value is -5.58. The van der Waals surface area contributed by atoms with Crippen LogP contribution >= 0.6 is 0 Å². The van der Waals surface area contributed by atoms with Crippen molar-refractivity contribution in [1.82, 2.24) is 25.2 Å². The van der Waals surface area contributed by atoms with E-state index in [1.165, 1.54) is 6.07 Å². The molecule has 0 bridgehead atoms. The van der Waals surface area contributed by atoms with Crippen LogP contribution in [-0.4, -0.2) is 43.8 Å². The Bertz CT molecular complexity index is 1830. The van der Waals surface area contributed by atoms with Crippen LogP contribution in [0.15, 0.2) is 95.6 Å². The number of nitro groups is 1. The van der Waals surface area contributed by atoms with Crippen LogP contribution in [0.2, 0.25) is 0 Å². The predicted octanol–water partition coefficient (Wildman–Crippen LogP) is 5.04. The molecule has 11 nitrogen and oxygen atoms in total. The molecule has 2 aromatic heterocycles. The number of imidazole rings is 1. The molecule has 1 amide bonds. The van der Waals surface area contributed by atoms with E-state index in [0.29, 0.717) is 30.9 Å². The minimum absolute atomic E-state index is 0.0642. The zero-order valence-corrected chi connectivity index (χ0v) is 21.2. The molecule has 0 saturated heterocycles. The van der Waals surface area contributed by atoms with Crippen molar-refractivity contribution < 1.29 is 14.3 Å². The van der Waals surface area contributed by atoms with Crippen molar-refractivity contribution in [2.75, 3.05) is 18.4 Å². The van der Waals surface area contributed by atoms with E-state index in [0.717, 1.165) is 28.0 Å². The standard InChI is InChI=1S/C29H23N7O4/c37-29(31-16-15-30-23-13-14-24(36(38)39)27-26(23)33-40-34-27)21-11-12-22-25(17-21)35(18-19-7-3-1-4-8-19)28(32-22)20-9-5-2-6-10-20/h1-14,17,30H,15-16,18H2,(H,31,37). The number of amides is 1. The fourth-order valence-corrected chi connectivity index (χ4v) is 4.62. The second kappa shape index (κ2) is 10.7. The smallest absolute Gasteiger partial charge is 0.300 e. The van der Waals surface area contributed by atoms with E-state index >= 15 is 0 Å². The molecular formula is C29H23N7O4. The van der Waals surface area contributed by atoms with Crippen molar-refractivity contribution in [2.45, 2.75) is 6.54 Å². The first kappa shape index (κ1) is 24.7. The Morgan fingerprint density at radius 1 is 0.900 bits per heavy atom. The monoisotopic (exact) mass is 533 g/mol. The van der Waals surface area contributed by atoms with E-state index in [9.17, 15) is 14.9 Å². The van der Waals surface area contributed by atoms with Gasteiger partial charge in [-0.2, -0.15) is 0 Å².